The molecule has 3 aromatic carbocycles. The average molecular weight is 574 g/mol. The van der Waals surface area contributed by atoms with Crippen molar-refractivity contribution in [3.05, 3.63) is 105 Å². The average Bonchev–Trinajstić information content (AvgIpc) is 3.25. The van der Waals surface area contributed by atoms with Gasteiger partial charge in [0.05, 0.1) is 31.0 Å². The van der Waals surface area contributed by atoms with Gasteiger partial charge in [-0.05, 0) is 47.9 Å². The number of fused-ring (bicyclic) bond motifs is 1. The lowest BCUT2D eigenvalue weighted by molar-refractivity contribution is 0.206. The smallest absolute Gasteiger partial charge is 0.247 e. The standard InChI is InChI=1S/C25H22BrClN4O3S/c26-20-8-11-25-24(13-20)34-17-23(12-18-4-2-1-3-5-18)31(35(25,32)33)16-22-15-30(29-28-22)14-19-6-9-21(27)10-7-19/h1-11,13,15,23H,12,14,16-17H2/t23-/m0/s1. The van der Waals surface area contributed by atoms with Gasteiger partial charge in [-0.15, -0.1) is 5.10 Å². The molecule has 1 atom stereocenters. The number of halogens is 2. The zero-order valence-corrected chi connectivity index (χ0v) is 21.7. The largest absolute Gasteiger partial charge is 0.490 e. The van der Waals surface area contributed by atoms with Crippen LogP contribution in [-0.4, -0.2) is 40.4 Å². The van der Waals surface area contributed by atoms with Crippen molar-refractivity contribution in [2.24, 2.45) is 0 Å². The normalized spacial score (nSPS) is 17.4. The molecule has 0 spiro atoms. The number of ether oxygens (including phenoxy) is 1. The molecule has 0 amide bonds. The number of sulfonamides is 1. The number of hydrogen-bond donors (Lipinski definition) is 0. The van der Waals surface area contributed by atoms with Crippen LogP contribution in [0, 0.1) is 0 Å². The van der Waals surface area contributed by atoms with Gasteiger partial charge in [-0.1, -0.05) is 75.2 Å². The van der Waals surface area contributed by atoms with E-state index in [1.54, 1.807) is 29.1 Å². The first kappa shape index (κ1) is 24.0. The monoisotopic (exact) mass is 572 g/mol. The zero-order chi connectivity index (χ0) is 24.4. The van der Waals surface area contributed by atoms with Crippen LogP contribution in [-0.2, 0) is 29.5 Å². The van der Waals surface area contributed by atoms with Gasteiger partial charge in [0, 0.05) is 9.50 Å². The third kappa shape index (κ3) is 5.43. The third-order valence-electron chi connectivity index (χ3n) is 5.81. The number of rotatable bonds is 6. The Morgan fingerprint density at radius 1 is 1.00 bits per heavy atom. The van der Waals surface area contributed by atoms with Crippen molar-refractivity contribution in [2.45, 2.75) is 30.4 Å². The van der Waals surface area contributed by atoms with Crippen LogP contribution in [0.15, 0.2) is 88.4 Å². The molecular weight excluding hydrogens is 552 g/mol. The van der Waals surface area contributed by atoms with Gasteiger partial charge >= 0.3 is 0 Å². The summed E-state index contributed by atoms with van der Waals surface area (Å²) in [5.74, 6) is 0.339. The van der Waals surface area contributed by atoms with Gasteiger partial charge in [-0.3, -0.25) is 0 Å². The molecule has 5 rings (SSSR count). The van der Waals surface area contributed by atoms with Gasteiger partial charge in [0.2, 0.25) is 10.0 Å². The van der Waals surface area contributed by atoms with Crippen LogP contribution >= 0.6 is 27.5 Å². The molecule has 1 aliphatic rings. The van der Waals surface area contributed by atoms with Crippen molar-refractivity contribution < 1.29 is 13.2 Å². The van der Waals surface area contributed by atoms with Crippen molar-refractivity contribution >= 4 is 37.6 Å². The summed E-state index contributed by atoms with van der Waals surface area (Å²) in [5, 5.41) is 9.14. The molecule has 7 nitrogen and oxygen atoms in total. The highest BCUT2D eigenvalue weighted by Gasteiger charge is 2.37. The summed E-state index contributed by atoms with van der Waals surface area (Å²) in [7, 11) is -3.86. The maximum atomic E-state index is 13.8. The number of aromatic nitrogens is 3. The molecule has 4 aromatic rings. The first-order valence-electron chi connectivity index (χ1n) is 11.0. The Kier molecular flexibility index (Phi) is 6.93. The predicted octanol–water partition coefficient (Wildman–Crippen LogP) is 4.94. The van der Waals surface area contributed by atoms with Crippen molar-refractivity contribution in [3.63, 3.8) is 0 Å². The molecule has 0 saturated heterocycles. The molecule has 0 radical (unpaired) electrons. The van der Waals surface area contributed by atoms with Gasteiger partial charge in [-0.2, -0.15) is 4.31 Å². The fourth-order valence-electron chi connectivity index (χ4n) is 4.09. The lowest BCUT2D eigenvalue weighted by Crippen LogP contribution is -2.42. The highest BCUT2D eigenvalue weighted by atomic mass is 79.9. The van der Waals surface area contributed by atoms with E-state index >= 15 is 0 Å². The van der Waals surface area contributed by atoms with E-state index in [-0.39, 0.29) is 18.0 Å². The lowest BCUT2D eigenvalue weighted by atomic mass is 10.1. The quantitative estimate of drug-likeness (QED) is 0.327. The van der Waals surface area contributed by atoms with Crippen molar-refractivity contribution in [1.82, 2.24) is 19.3 Å². The summed E-state index contributed by atoms with van der Waals surface area (Å²) in [6.45, 7) is 0.806. The number of benzene rings is 3. The Morgan fingerprint density at radius 2 is 1.77 bits per heavy atom. The van der Waals surface area contributed by atoms with E-state index in [9.17, 15) is 8.42 Å². The van der Waals surface area contributed by atoms with Gasteiger partial charge in [0.15, 0.2) is 0 Å². The maximum absolute atomic E-state index is 13.8. The van der Waals surface area contributed by atoms with Crippen LogP contribution < -0.4 is 4.74 Å². The second-order valence-corrected chi connectivity index (χ2v) is 11.5. The first-order valence-corrected chi connectivity index (χ1v) is 13.6. The molecule has 0 N–H and O–H groups in total. The van der Waals surface area contributed by atoms with Gasteiger partial charge in [0.25, 0.3) is 0 Å². The maximum Gasteiger partial charge on any atom is 0.247 e. The van der Waals surface area contributed by atoms with Crippen molar-refractivity contribution in [2.75, 3.05) is 6.61 Å². The summed E-state index contributed by atoms with van der Waals surface area (Å²) in [4.78, 5) is 0.143. The molecule has 0 aliphatic carbocycles. The van der Waals surface area contributed by atoms with E-state index in [1.807, 2.05) is 54.6 Å². The topological polar surface area (TPSA) is 77.3 Å². The summed E-state index contributed by atoms with van der Waals surface area (Å²) in [6.07, 6.45) is 2.28. The summed E-state index contributed by atoms with van der Waals surface area (Å²) in [6, 6.07) is 21.8. The van der Waals surface area contributed by atoms with Crippen LogP contribution in [0.3, 0.4) is 0 Å². The van der Waals surface area contributed by atoms with E-state index < -0.39 is 16.1 Å². The third-order valence-corrected chi connectivity index (χ3v) is 8.49. The van der Waals surface area contributed by atoms with Crippen LogP contribution in [0.25, 0.3) is 0 Å². The summed E-state index contributed by atoms with van der Waals surface area (Å²) < 4.78 is 37.6. The highest BCUT2D eigenvalue weighted by Crippen LogP contribution is 2.35. The SMILES string of the molecule is O=S1(=O)c2ccc(Br)cc2OC[C@H](Cc2ccccc2)N1Cc1cn(Cc2ccc(Cl)cc2)nn1. The van der Waals surface area contributed by atoms with Gasteiger partial charge in [-0.25, -0.2) is 13.1 Å². The fourth-order valence-corrected chi connectivity index (χ4v) is 6.25. The van der Waals surface area contributed by atoms with Gasteiger partial charge in [0.1, 0.15) is 17.3 Å². The van der Waals surface area contributed by atoms with E-state index in [0.29, 0.717) is 29.4 Å². The van der Waals surface area contributed by atoms with Crippen LogP contribution in [0.4, 0.5) is 0 Å². The molecule has 0 bridgehead atoms. The molecular formula is C25H22BrClN4O3S. The minimum atomic E-state index is -3.86. The van der Waals surface area contributed by atoms with Crippen molar-refractivity contribution in [3.8, 4) is 5.75 Å². The molecule has 35 heavy (non-hydrogen) atoms. The predicted molar refractivity (Wildman–Crippen MR) is 137 cm³/mol. The Bertz CT molecular complexity index is 1430. The number of hydrogen-bond acceptors (Lipinski definition) is 5. The molecule has 2 heterocycles. The number of nitrogens with zero attached hydrogens (tertiary/aromatic N) is 4. The highest BCUT2D eigenvalue weighted by molar-refractivity contribution is 9.10. The van der Waals surface area contributed by atoms with E-state index in [2.05, 4.69) is 26.2 Å². The van der Waals surface area contributed by atoms with Crippen molar-refractivity contribution in [1.29, 1.82) is 0 Å². The van der Waals surface area contributed by atoms with Crippen LogP contribution in [0.5, 0.6) is 5.75 Å². The molecule has 0 fully saturated rings. The van der Waals surface area contributed by atoms with Crippen LogP contribution in [0.1, 0.15) is 16.8 Å². The Balaban J connectivity index is 1.45. The Hall–Kier alpha value is -2.72. The second-order valence-electron chi connectivity index (χ2n) is 8.33. The minimum Gasteiger partial charge on any atom is -0.490 e. The molecule has 0 saturated carbocycles. The molecule has 10 heteroatoms. The first-order chi connectivity index (χ1) is 16.9. The lowest BCUT2D eigenvalue weighted by Gasteiger charge is -2.27. The second kappa shape index (κ2) is 10.1. The Labute approximate surface area is 217 Å². The van der Waals surface area contributed by atoms with E-state index in [4.69, 9.17) is 16.3 Å². The molecule has 1 aliphatic heterocycles. The summed E-state index contributed by atoms with van der Waals surface area (Å²) >= 11 is 9.38. The van der Waals surface area contributed by atoms with Crippen LogP contribution in [0.2, 0.25) is 5.02 Å². The molecule has 180 valence electrons. The van der Waals surface area contributed by atoms with E-state index in [0.717, 1.165) is 15.6 Å². The fraction of sp³-hybridized carbons (Fsp3) is 0.200. The summed E-state index contributed by atoms with van der Waals surface area (Å²) in [5.41, 5.74) is 2.60. The molecule has 0 unspecified atom stereocenters. The van der Waals surface area contributed by atoms with Gasteiger partial charge < -0.3 is 4.74 Å². The zero-order valence-electron chi connectivity index (χ0n) is 18.6. The minimum absolute atomic E-state index is 0.0827. The Morgan fingerprint density at radius 3 is 2.54 bits per heavy atom. The molecule has 1 aromatic heterocycles. The van der Waals surface area contributed by atoms with E-state index in [1.165, 1.54) is 4.31 Å².